The Morgan fingerprint density at radius 3 is 3.07 bits per heavy atom. The van der Waals surface area contributed by atoms with Gasteiger partial charge in [-0.1, -0.05) is 6.08 Å². The summed E-state index contributed by atoms with van der Waals surface area (Å²) in [6, 6.07) is 2.83. The number of hydrogen-bond donors (Lipinski definition) is 2. The molecular formula is C10H12N2O2. The molecule has 4 nitrogen and oxygen atoms in total. The quantitative estimate of drug-likeness (QED) is 0.705. The molecule has 0 saturated heterocycles. The molecule has 1 amide bonds. The predicted molar refractivity (Wildman–Crippen MR) is 53.0 cm³/mol. The summed E-state index contributed by atoms with van der Waals surface area (Å²) in [5.74, 6) is -0.531. The van der Waals surface area contributed by atoms with E-state index in [-0.39, 0.29) is 17.5 Å². The fourth-order valence-electron chi connectivity index (χ4n) is 0.906. The Hall–Kier alpha value is -1.84. The van der Waals surface area contributed by atoms with Gasteiger partial charge in [-0.05, 0) is 19.1 Å². The number of aromatic nitrogens is 1. The van der Waals surface area contributed by atoms with E-state index in [1.165, 1.54) is 12.3 Å². The lowest BCUT2D eigenvalue weighted by Crippen LogP contribution is -2.31. The first-order valence-electron chi connectivity index (χ1n) is 4.22. The highest BCUT2D eigenvalue weighted by Gasteiger charge is 2.12. The van der Waals surface area contributed by atoms with E-state index < -0.39 is 5.91 Å². The Morgan fingerprint density at radius 1 is 1.79 bits per heavy atom. The Labute approximate surface area is 82.3 Å². The number of carbonyl (C=O) groups is 1. The van der Waals surface area contributed by atoms with Crippen LogP contribution in [-0.2, 0) is 0 Å². The van der Waals surface area contributed by atoms with Gasteiger partial charge in [0.25, 0.3) is 5.91 Å². The van der Waals surface area contributed by atoms with Crippen LogP contribution in [0.1, 0.15) is 17.4 Å². The lowest BCUT2D eigenvalue weighted by Gasteiger charge is -2.08. The van der Waals surface area contributed by atoms with Crippen molar-refractivity contribution in [3.05, 3.63) is 36.7 Å². The SMILES string of the molecule is C=CC(C)NC(=O)c1ncccc1O. The van der Waals surface area contributed by atoms with Gasteiger partial charge in [0.05, 0.1) is 0 Å². The summed E-state index contributed by atoms with van der Waals surface area (Å²) in [6.45, 7) is 5.31. The molecule has 4 heteroatoms. The third-order valence-corrected chi connectivity index (χ3v) is 1.71. The first kappa shape index (κ1) is 10.2. The highest BCUT2D eigenvalue weighted by Crippen LogP contribution is 2.12. The van der Waals surface area contributed by atoms with Gasteiger partial charge < -0.3 is 10.4 Å². The zero-order valence-corrected chi connectivity index (χ0v) is 7.90. The minimum atomic E-state index is -0.407. The van der Waals surface area contributed by atoms with Crippen LogP contribution in [0.5, 0.6) is 5.75 Å². The molecule has 2 N–H and O–H groups in total. The second-order valence-electron chi connectivity index (χ2n) is 2.87. The molecule has 0 aliphatic heterocycles. The number of nitrogens with zero attached hydrogens (tertiary/aromatic N) is 1. The van der Waals surface area contributed by atoms with Crippen LogP contribution in [0.2, 0.25) is 0 Å². The Balaban J connectivity index is 2.80. The highest BCUT2D eigenvalue weighted by atomic mass is 16.3. The maximum absolute atomic E-state index is 11.5. The molecule has 0 bridgehead atoms. The van der Waals surface area contributed by atoms with Crippen LogP contribution in [0.25, 0.3) is 0 Å². The van der Waals surface area contributed by atoms with Gasteiger partial charge in [0.1, 0.15) is 5.75 Å². The zero-order valence-electron chi connectivity index (χ0n) is 7.90. The molecule has 1 heterocycles. The van der Waals surface area contributed by atoms with Gasteiger partial charge >= 0.3 is 0 Å². The molecule has 0 spiro atoms. The predicted octanol–water partition coefficient (Wildman–Crippen LogP) is 1.09. The summed E-state index contributed by atoms with van der Waals surface area (Å²) in [4.78, 5) is 15.2. The van der Waals surface area contributed by atoms with Gasteiger partial charge in [-0.2, -0.15) is 0 Å². The van der Waals surface area contributed by atoms with Crippen molar-refractivity contribution in [2.75, 3.05) is 0 Å². The van der Waals surface area contributed by atoms with Crippen LogP contribution in [0.15, 0.2) is 31.0 Å². The third-order valence-electron chi connectivity index (χ3n) is 1.71. The summed E-state index contributed by atoms with van der Waals surface area (Å²) in [6.07, 6.45) is 3.05. The minimum Gasteiger partial charge on any atom is -0.505 e. The molecule has 1 aromatic rings. The average Bonchev–Trinajstić information content (AvgIpc) is 2.18. The van der Waals surface area contributed by atoms with Crippen molar-refractivity contribution in [2.45, 2.75) is 13.0 Å². The molecule has 1 aromatic heterocycles. The number of carbonyl (C=O) groups excluding carboxylic acids is 1. The van der Waals surface area contributed by atoms with Crippen molar-refractivity contribution in [1.29, 1.82) is 0 Å². The van der Waals surface area contributed by atoms with Crippen LogP contribution in [0.3, 0.4) is 0 Å². The number of nitrogens with one attached hydrogen (secondary N) is 1. The maximum atomic E-state index is 11.5. The van der Waals surface area contributed by atoms with E-state index in [4.69, 9.17) is 0 Å². The lowest BCUT2D eigenvalue weighted by molar-refractivity contribution is 0.0939. The van der Waals surface area contributed by atoms with E-state index in [1.54, 1.807) is 19.1 Å². The molecule has 0 aliphatic carbocycles. The van der Waals surface area contributed by atoms with Crippen molar-refractivity contribution in [3.63, 3.8) is 0 Å². The van der Waals surface area contributed by atoms with E-state index in [9.17, 15) is 9.90 Å². The van der Waals surface area contributed by atoms with Crippen LogP contribution < -0.4 is 5.32 Å². The minimum absolute atomic E-state index is 0.0289. The van der Waals surface area contributed by atoms with Crippen molar-refractivity contribution in [2.24, 2.45) is 0 Å². The number of rotatable bonds is 3. The van der Waals surface area contributed by atoms with Crippen molar-refractivity contribution < 1.29 is 9.90 Å². The molecule has 74 valence electrons. The largest absolute Gasteiger partial charge is 0.505 e. The second-order valence-corrected chi connectivity index (χ2v) is 2.87. The molecule has 0 radical (unpaired) electrons. The van der Waals surface area contributed by atoms with Gasteiger partial charge in [-0.25, -0.2) is 4.98 Å². The monoisotopic (exact) mass is 192 g/mol. The van der Waals surface area contributed by atoms with Crippen LogP contribution in [-0.4, -0.2) is 22.0 Å². The highest BCUT2D eigenvalue weighted by molar-refractivity contribution is 5.94. The van der Waals surface area contributed by atoms with E-state index in [1.807, 2.05) is 0 Å². The fourth-order valence-corrected chi connectivity index (χ4v) is 0.906. The first-order valence-corrected chi connectivity index (χ1v) is 4.22. The van der Waals surface area contributed by atoms with Gasteiger partial charge in [-0.3, -0.25) is 4.79 Å². The molecule has 1 unspecified atom stereocenters. The number of pyridine rings is 1. The first-order chi connectivity index (χ1) is 6.65. The average molecular weight is 192 g/mol. The summed E-state index contributed by atoms with van der Waals surface area (Å²) < 4.78 is 0. The summed E-state index contributed by atoms with van der Waals surface area (Å²) in [7, 11) is 0. The van der Waals surface area contributed by atoms with Gasteiger partial charge in [-0.15, -0.1) is 6.58 Å². The standard InChI is InChI=1S/C10H12N2O2/c1-3-7(2)12-10(14)9-8(13)5-4-6-11-9/h3-7,13H,1H2,2H3,(H,12,14). The van der Waals surface area contributed by atoms with Crippen molar-refractivity contribution >= 4 is 5.91 Å². The van der Waals surface area contributed by atoms with Crippen LogP contribution in [0, 0.1) is 0 Å². The van der Waals surface area contributed by atoms with E-state index in [0.29, 0.717) is 0 Å². The van der Waals surface area contributed by atoms with Gasteiger partial charge in [0, 0.05) is 12.2 Å². The second kappa shape index (κ2) is 4.41. The molecule has 14 heavy (non-hydrogen) atoms. The zero-order chi connectivity index (χ0) is 10.6. The topological polar surface area (TPSA) is 62.2 Å². The maximum Gasteiger partial charge on any atom is 0.274 e. The van der Waals surface area contributed by atoms with E-state index >= 15 is 0 Å². The summed E-state index contributed by atoms with van der Waals surface area (Å²) in [5, 5.41) is 11.9. The van der Waals surface area contributed by atoms with Crippen molar-refractivity contribution in [1.82, 2.24) is 10.3 Å². The smallest absolute Gasteiger partial charge is 0.274 e. The molecule has 0 fully saturated rings. The molecule has 1 rings (SSSR count). The number of hydrogen-bond acceptors (Lipinski definition) is 3. The van der Waals surface area contributed by atoms with Crippen LogP contribution in [0.4, 0.5) is 0 Å². The third kappa shape index (κ3) is 2.32. The Kier molecular flexibility index (Phi) is 3.23. The van der Waals surface area contributed by atoms with Gasteiger partial charge in [0.2, 0.25) is 0 Å². The number of amides is 1. The summed E-state index contributed by atoms with van der Waals surface area (Å²) >= 11 is 0. The molecule has 0 aromatic carbocycles. The molecule has 0 saturated carbocycles. The molecular weight excluding hydrogens is 180 g/mol. The van der Waals surface area contributed by atoms with E-state index in [2.05, 4.69) is 16.9 Å². The van der Waals surface area contributed by atoms with Gasteiger partial charge in [0.15, 0.2) is 5.69 Å². The van der Waals surface area contributed by atoms with Crippen LogP contribution >= 0.6 is 0 Å². The normalized spacial score (nSPS) is 11.8. The Bertz CT molecular complexity index is 350. The fraction of sp³-hybridized carbons (Fsp3) is 0.200. The molecule has 0 aliphatic rings. The summed E-state index contributed by atoms with van der Waals surface area (Å²) in [5.41, 5.74) is 0.0289. The number of aromatic hydroxyl groups is 1. The van der Waals surface area contributed by atoms with Crippen molar-refractivity contribution in [3.8, 4) is 5.75 Å². The Morgan fingerprint density at radius 2 is 2.50 bits per heavy atom. The van der Waals surface area contributed by atoms with E-state index in [0.717, 1.165) is 0 Å². The molecule has 1 atom stereocenters. The lowest BCUT2D eigenvalue weighted by atomic mass is 10.2.